The molecule has 0 saturated heterocycles. The molecular formula is C11H21NO2S. The highest BCUT2D eigenvalue weighted by atomic mass is 32.2. The van der Waals surface area contributed by atoms with Gasteiger partial charge >= 0.3 is 5.97 Å². The van der Waals surface area contributed by atoms with Gasteiger partial charge in [-0.1, -0.05) is 6.08 Å². The summed E-state index contributed by atoms with van der Waals surface area (Å²) in [6, 6.07) is 0. The summed E-state index contributed by atoms with van der Waals surface area (Å²) in [7, 11) is 0. The number of hydrogen-bond donors (Lipinski definition) is 1. The van der Waals surface area contributed by atoms with Gasteiger partial charge in [-0.2, -0.15) is 11.8 Å². The summed E-state index contributed by atoms with van der Waals surface area (Å²) >= 11 is 1.79. The Labute approximate surface area is 96.6 Å². The van der Waals surface area contributed by atoms with Crippen LogP contribution in [0.5, 0.6) is 0 Å². The second kappa shape index (κ2) is 7.77. The van der Waals surface area contributed by atoms with Gasteiger partial charge in [0.2, 0.25) is 0 Å². The van der Waals surface area contributed by atoms with Gasteiger partial charge in [-0.25, -0.2) is 0 Å². The number of hydrogen-bond acceptors (Lipinski definition) is 4. The summed E-state index contributed by atoms with van der Waals surface area (Å²) in [5.41, 5.74) is -0.393. The van der Waals surface area contributed by atoms with Crippen molar-refractivity contribution in [3.63, 3.8) is 0 Å². The van der Waals surface area contributed by atoms with Crippen molar-refractivity contribution >= 4 is 17.7 Å². The maximum atomic E-state index is 11.2. The van der Waals surface area contributed by atoms with E-state index in [1.807, 2.05) is 26.8 Å². The van der Waals surface area contributed by atoms with Crippen LogP contribution in [0.25, 0.3) is 0 Å². The van der Waals surface area contributed by atoms with Gasteiger partial charge < -0.3 is 10.1 Å². The van der Waals surface area contributed by atoms with Gasteiger partial charge in [-0.3, -0.25) is 4.79 Å². The van der Waals surface area contributed by atoms with Crippen molar-refractivity contribution in [1.29, 1.82) is 0 Å². The highest BCUT2D eigenvalue weighted by Gasteiger charge is 2.15. The Bertz CT molecular complexity index is 199. The van der Waals surface area contributed by atoms with Gasteiger partial charge in [0.25, 0.3) is 0 Å². The van der Waals surface area contributed by atoms with Crippen molar-refractivity contribution in [3.05, 3.63) is 12.7 Å². The molecule has 0 aromatic carbocycles. The number of nitrogens with one attached hydrogen (secondary N) is 1. The minimum atomic E-state index is -0.393. The predicted octanol–water partition coefficient (Wildman–Crippen LogP) is 1.84. The molecule has 0 unspecified atom stereocenters. The van der Waals surface area contributed by atoms with Crippen LogP contribution in [0, 0.1) is 0 Å². The molecular weight excluding hydrogens is 210 g/mol. The van der Waals surface area contributed by atoms with Crippen molar-refractivity contribution in [3.8, 4) is 0 Å². The molecule has 0 aliphatic heterocycles. The first kappa shape index (κ1) is 14.5. The lowest BCUT2D eigenvalue weighted by Gasteiger charge is -2.19. The van der Waals surface area contributed by atoms with Crippen molar-refractivity contribution in [1.82, 2.24) is 5.32 Å². The van der Waals surface area contributed by atoms with Crippen LogP contribution in [-0.4, -0.2) is 36.2 Å². The number of carbonyl (C=O) groups is 1. The van der Waals surface area contributed by atoms with Gasteiger partial charge in [-0.15, -0.1) is 6.58 Å². The van der Waals surface area contributed by atoms with Crippen LogP contribution in [0.1, 0.15) is 20.8 Å². The average Bonchev–Trinajstić information content (AvgIpc) is 2.08. The molecule has 3 nitrogen and oxygen atoms in total. The second-order valence-corrected chi connectivity index (χ2v) is 5.28. The molecule has 0 aromatic rings. The SMILES string of the molecule is C=CCSCCNCC(=O)OC(C)(C)C. The highest BCUT2D eigenvalue weighted by molar-refractivity contribution is 7.99. The molecule has 15 heavy (non-hydrogen) atoms. The smallest absolute Gasteiger partial charge is 0.320 e. The Morgan fingerprint density at radius 3 is 2.73 bits per heavy atom. The topological polar surface area (TPSA) is 38.3 Å². The molecule has 0 rings (SSSR count). The van der Waals surface area contributed by atoms with Crippen LogP contribution < -0.4 is 5.32 Å². The number of rotatable bonds is 7. The Morgan fingerprint density at radius 2 is 2.20 bits per heavy atom. The molecule has 0 heterocycles. The molecule has 0 fully saturated rings. The van der Waals surface area contributed by atoms with E-state index in [1.165, 1.54) is 0 Å². The fourth-order valence-corrected chi connectivity index (χ4v) is 1.50. The largest absolute Gasteiger partial charge is 0.459 e. The zero-order chi connectivity index (χ0) is 11.7. The number of carbonyl (C=O) groups excluding carboxylic acids is 1. The fraction of sp³-hybridized carbons (Fsp3) is 0.727. The zero-order valence-corrected chi connectivity index (χ0v) is 10.7. The van der Waals surface area contributed by atoms with Gasteiger partial charge in [0.1, 0.15) is 5.60 Å². The Morgan fingerprint density at radius 1 is 1.53 bits per heavy atom. The fourth-order valence-electron chi connectivity index (χ4n) is 0.879. The molecule has 0 saturated carbocycles. The molecule has 0 aliphatic rings. The lowest BCUT2D eigenvalue weighted by molar-refractivity contribution is -0.153. The Kier molecular flexibility index (Phi) is 7.52. The van der Waals surface area contributed by atoms with E-state index in [0.717, 1.165) is 18.1 Å². The predicted molar refractivity (Wildman–Crippen MR) is 66.2 cm³/mol. The first-order chi connectivity index (χ1) is 6.95. The second-order valence-electron chi connectivity index (χ2n) is 4.13. The maximum absolute atomic E-state index is 11.2. The third kappa shape index (κ3) is 11.4. The number of esters is 1. The van der Waals surface area contributed by atoms with E-state index in [9.17, 15) is 4.79 Å². The van der Waals surface area contributed by atoms with Crippen molar-refractivity contribution < 1.29 is 9.53 Å². The van der Waals surface area contributed by atoms with Crippen LogP contribution in [-0.2, 0) is 9.53 Å². The molecule has 0 atom stereocenters. The van der Waals surface area contributed by atoms with E-state index in [-0.39, 0.29) is 12.5 Å². The maximum Gasteiger partial charge on any atom is 0.320 e. The summed E-state index contributed by atoms with van der Waals surface area (Å²) in [6.45, 7) is 10.3. The van der Waals surface area contributed by atoms with Crippen LogP contribution in [0.3, 0.4) is 0 Å². The lowest BCUT2D eigenvalue weighted by Crippen LogP contribution is -2.32. The Balaban J connectivity index is 3.36. The van der Waals surface area contributed by atoms with Crippen LogP contribution in [0.2, 0.25) is 0 Å². The molecule has 0 radical (unpaired) electrons. The summed E-state index contributed by atoms with van der Waals surface area (Å²) in [5, 5.41) is 3.04. The van der Waals surface area contributed by atoms with Crippen molar-refractivity contribution in [2.24, 2.45) is 0 Å². The normalized spacial score (nSPS) is 11.1. The zero-order valence-electron chi connectivity index (χ0n) is 9.84. The summed E-state index contributed by atoms with van der Waals surface area (Å²) in [4.78, 5) is 11.2. The molecule has 0 aliphatic carbocycles. The number of thioether (sulfide) groups is 1. The third-order valence-electron chi connectivity index (χ3n) is 1.35. The number of ether oxygens (including phenoxy) is 1. The van der Waals surface area contributed by atoms with Crippen molar-refractivity contribution in [2.75, 3.05) is 24.6 Å². The van der Waals surface area contributed by atoms with E-state index in [4.69, 9.17) is 4.74 Å². The minimum Gasteiger partial charge on any atom is -0.459 e. The van der Waals surface area contributed by atoms with E-state index in [0.29, 0.717) is 0 Å². The van der Waals surface area contributed by atoms with E-state index < -0.39 is 5.60 Å². The summed E-state index contributed by atoms with van der Waals surface area (Å²) in [6.07, 6.45) is 1.87. The molecule has 0 spiro atoms. The van der Waals surface area contributed by atoms with Gasteiger partial charge in [0.15, 0.2) is 0 Å². The standard InChI is InChI=1S/C11H21NO2S/c1-5-7-15-8-6-12-9-10(13)14-11(2,3)4/h5,12H,1,6-9H2,2-4H3. The average molecular weight is 231 g/mol. The molecule has 0 aromatic heterocycles. The monoisotopic (exact) mass is 231 g/mol. The molecule has 88 valence electrons. The van der Waals surface area contributed by atoms with E-state index in [2.05, 4.69) is 11.9 Å². The first-order valence-corrected chi connectivity index (χ1v) is 6.22. The minimum absolute atomic E-state index is 0.198. The molecule has 0 amide bonds. The van der Waals surface area contributed by atoms with E-state index >= 15 is 0 Å². The van der Waals surface area contributed by atoms with Crippen molar-refractivity contribution in [2.45, 2.75) is 26.4 Å². The summed E-state index contributed by atoms with van der Waals surface area (Å²) < 4.78 is 5.14. The van der Waals surface area contributed by atoms with Gasteiger partial charge in [0.05, 0.1) is 6.54 Å². The molecule has 0 bridgehead atoms. The van der Waals surface area contributed by atoms with Crippen LogP contribution >= 0.6 is 11.8 Å². The molecule has 1 N–H and O–H groups in total. The van der Waals surface area contributed by atoms with Crippen LogP contribution in [0.4, 0.5) is 0 Å². The molecule has 4 heteroatoms. The Hall–Kier alpha value is -0.480. The van der Waals surface area contributed by atoms with Gasteiger partial charge in [0, 0.05) is 18.1 Å². The highest BCUT2D eigenvalue weighted by Crippen LogP contribution is 2.06. The summed E-state index contributed by atoms with van der Waals surface area (Å²) in [5.74, 6) is 1.74. The van der Waals surface area contributed by atoms with E-state index in [1.54, 1.807) is 11.8 Å². The quantitative estimate of drug-likeness (QED) is 0.412. The third-order valence-corrected chi connectivity index (χ3v) is 2.31. The van der Waals surface area contributed by atoms with Gasteiger partial charge in [-0.05, 0) is 20.8 Å². The first-order valence-electron chi connectivity index (χ1n) is 5.07. The van der Waals surface area contributed by atoms with Crippen LogP contribution in [0.15, 0.2) is 12.7 Å². The lowest BCUT2D eigenvalue weighted by atomic mass is 10.2.